The predicted molar refractivity (Wildman–Crippen MR) is 74.8 cm³/mol. The highest BCUT2D eigenvalue weighted by molar-refractivity contribution is 7.98. The Morgan fingerprint density at radius 2 is 2.35 bits per heavy atom. The van der Waals surface area contributed by atoms with E-state index >= 15 is 0 Å². The second-order valence-electron chi connectivity index (χ2n) is 3.77. The number of imidazole rings is 1. The zero-order chi connectivity index (χ0) is 12.3. The van der Waals surface area contributed by atoms with E-state index in [1.54, 1.807) is 0 Å². The first-order valence-electron chi connectivity index (χ1n) is 6.20. The monoisotopic (exact) mass is 257 g/mol. The fourth-order valence-corrected chi connectivity index (χ4v) is 1.97. The Hall–Kier alpha value is -0.680. The number of anilines is 1. The maximum Gasteiger partial charge on any atom is 0.202 e. The second-order valence-corrected chi connectivity index (χ2v) is 4.75. The van der Waals surface area contributed by atoms with Gasteiger partial charge in [-0.05, 0) is 31.8 Å². The van der Waals surface area contributed by atoms with Crippen LogP contribution in [0.5, 0.6) is 0 Å². The average Bonchev–Trinajstić information content (AvgIpc) is 2.77. The van der Waals surface area contributed by atoms with Gasteiger partial charge in [0.15, 0.2) is 0 Å². The molecule has 0 saturated heterocycles. The van der Waals surface area contributed by atoms with Crippen LogP contribution in [0.2, 0.25) is 0 Å². The first-order valence-corrected chi connectivity index (χ1v) is 7.59. The van der Waals surface area contributed by atoms with Crippen LogP contribution in [0.4, 0.5) is 5.95 Å². The van der Waals surface area contributed by atoms with Crippen molar-refractivity contribution < 1.29 is 4.74 Å². The summed E-state index contributed by atoms with van der Waals surface area (Å²) in [5.41, 5.74) is 0. The molecule has 98 valence electrons. The van der Waals surface area contributed by atoms with E-state index in [4.69, 9.17) is 4.74 Å². The highest BCUT2D eigenvalue weighted by atomic mass is 32.2. The Labute approximate surface area is 108 Å². The number of thioether (sulfide) groups is 1. The summed E-state index contributed by atoms with van der Waals surface area (Å²) in [4.78, 5) is 4.32. The van der Waals surface area contributed by atoms with Gasteiger partial charge in [0.25, 0.3) is 0 Å². The van der Waals surface area contributed by atoms with Crippen molar-refractivity contribution in [3.63, 3.8) is 0 Å². The standard InChI is InChI=1S/C12H23N3OS/c1-3-16-10-4-6-13-12-14-7-9-15(12)8-5-11-17-2/h7,9H,3-6,8,10-11H2,1-2H3,(H,13,14). The van der Waals surface area contributed by atoms with E-state index in [0.717, 1.165) is 38.7 Å². The summed E-state index contributed by atoms with van der Waals surface area (Å²) in [6, 6.07) is 0. The van der Waals surface area contributed by atoms with Crippen molar-refractivity contribution >= 4 is 17.7 Å². The van der Waals surface area contributed by atoms with E-state index in [2.05, 4.69) is 21.1 Å². The minimum Gasteiger partial charge on any atom is -0.382 e. The summed E-state index contributed by atoms with van der Waals surface area (Å²) in [6.45, 7) is 5.58. The average molecular weight is 257 g/mol. The van der Waals surface area contributed by atoms with E-state index in [-0.39, 0.29) is 0 Å². The van der Waals surface area contributed by atoms with Crippen molar-refractivity contribution in [1.29, 1.82) is 0 Å². The van der Waals surface area contributed by atoms with Gasteiger partial charge in [-0.15, -0.1) is 0 Å². The zero-order valence-electron chi connectivity index (χ0n) is 10.8. The van der Waals surface area contributed by atoms with Crippen molar-refractivity contribution in [2.24, 2.45) is 0 Å². The number of aryl methyl sites for hydroxylation is 1. The summed E-state index contributed by atoms with van der Waals surface area (Å²) >= 11 is 1.89. The molecule has 0 aliphatic rings. The Morgan fingerprint density at radius 1 is 1.47 bits per heavy atom. The fraction of sp³-hybridized carbons (Fsp3) is 0.750. The molecule has 0 atom stereocenters. The van der Waals surface area contributed by atoms with Crippen LogP contribution < -0.4 is 5.32 Å². The minimum atomic E-state index is 0.795. The lowest BCUT2D eigenvalue weighted by Crippen LogP contribution is -2.11. The van der Waals surface area contributed by atoms with E-state index in [1.165, 1.54) is 12.2 Å². The molecule has 0 aromatic carbocycles. The zero-order valence-corrected chi connectivity index (χ0v) is 11.6. The molecule has 1 aromatic heterocycles. The van der Waals surface area contributed by atoms with Gasteiger partial charge in [0.2, 0.25) is 5.95 Å². The molecule has 0 spiro atoms. The van der Waals surface area contributed by atoms with E-state index in [1.807, 2.05) is 31.1 Å². The predicted octanol–water partition coefficient (Wildman–Crippen LogP) is 2.47. The van der Waals surface area contributed by atoms with Crippen LogP contribution in [-0.4, -0.2) is 41.3 Å². The fourth-order valence-electron chi connectivity index (χ4n) is 1.55. The maximum absolute atomic E-state index is 5.29. The normalized spacial score (nSPS) is 10.7. The SMILES string of the molecule is CCOCCCNc1nccn1CCCSC. The van der Waals surface area contributed by atoms with Crippen molar-refractivity contribution in [2.75, 3.05) is 37.1 Å². The number of aromatic nitrogens is 2. The third kappa shape index (κ3) is 5.98. The van der Waals surface area contributed by atoms with Crippen LogP contribution in [0.15, 0.2) is 12.4 Å². The van der Waals surface area contributed by atoms with Gasteiger partial charge in [-0.3, -0.25) is 0 Å². The summed E-state index contributed by atoms with van der Waals surface area (Å²) in [5.74, 6) is 2.17. The third-order valence-electron chi connectivity index (χ3n) is 2.42. The maximum atomic E-state index is 5.29. The molecule has 0 bridgehead atoms. The van der Waals surface area contributed by atoms with Gasteiger partial charge in [0.05, 0.1) is 0 Å². The molecule has 0 unspecified atom stereocenters. The van der Waals surface area contributed by atoms with Gasteiger partial charge in [0, 0.05) is 38.7 Å². The largest absolute Gasteiger partial charge is 0.382 e. The molecular formula is C12H23N3OS. The Kier molecular flexibility index (Phi) is 7.92. The Balaban J connectivity index is 2.20. The second kappa shape index (κ2) is 9.36. The van der Waals surface area contributed by atoms with E-state index < -0.39 is 0 Å². The Bertz CT molecular complexity index is 291. The lowest BCUT2D eigenvalue weighted by molar-refractivity contribution is 0.147. The van der Waals surface area contributed by atoms with Gasteiger partial charge < -0.3 is 14.6 Å². The molecule has 4 nitrogen and oxygen atoms in total. The minimum absolute atomic E-state index is 0.795. The van der Waals surface area contributed by atoms with Crippen molar-refractivity contribution in [1.82, 2.24) is 9.55 Å². The van der Waals surface area contributed by atoms with Crippen molar-refractivity contribution in [2.45, 2.75) is 26.3 Å². The quantitative estimate of drug-likeness (QED) is 0.654. The van der Waals surface area contributed by atoms with Gasteiger partial charge in [0.1, 0.15) is 0 Å². The molecule has 0 saturated carbocycles. The first-order chi connectivity index (χ1) is 8.38. The molecule has 0 aliphatic heterocycles. The van der Waals surface area contributed by atoms with Crippen molar-refractivity contribution in [3.8, 4) is 0 Å². The number of hydrogen-bond donors (Lipinski definition) is 1. The Morgan fingerprint density at radius 3 is 3.12 bits per heavy atom. The lowest BCUT2D eigenvalue weighted by Gasteiger charge is -2.09. The van der Waals surface area contributed by atoms with Crippen LogP contribution in [-0.2, 0) is 11.3 Å². The topological polar surface area (TPSA) is 39.1 Å². The van der Waals surface area contributed by atoms with E-state index in [0.29, 0.717) is 0 Å². The molecule has 1 aromatic rings. The van der Waals surface area contributed by atoms with Crippen LogP contribution in [0.1, 0.15) is 19.8 Å². The molecule has 0 fully saturated rings. The summed E-state index contributed by atoms with van der Waals surface area (Å²) in [5, 5.41) is 3.34. The van der Waals surface area contributed by atoms with Crippen molar-refractivity contribution in [3.05, 3.63) is 12.4 Å². The molecule has 0 amide bonds. The van der Waals surface area contributed by atoms with Crippen LogP contribution in [0.3, 0.4) is 0 Å². The third-order valence-corrected chi connectivity index (χ3v) is 3.11. The highest BCUT2D eigenvalue weighted by Gasteiger charge is 2.00. The molecule has 1 rings (SSSR count). The van der Waals surface area contributed by atoms with Gasteiger partial charge in [-0.25, -0.2) is 4.98 Å². The molecule has 5 heteroatoms. The van der Waals surface area contributed by atoms with Gasteiger partial charge in [-0.2, -0.15) is 11.8 Å². The summed E-state index contributed by atoms with van der Waals surface area (Å²) in [7, 11) is 0. The van der Waals surface area contributed by atoms with Gasteiger partial charge in [-0.1, -0.05) is 0 Å². The summed E-state index contributed by atoms with van der Waals surface area (Å²) in [6.07, 6.45) is 8.23. The molecule has 0 aliphatic carbocycles. The number of ether oxygens (including phenoxy) is 1. The summed E-state index contributed by atoms with van der Waals surface area (Å²) < 4.78 is 7.47. The molecule has 17 heavy (non-hydrogen) atoms. The first kappa shape index (κ1) is 14.4. The van der Waals surface area contributed by atoms with Crippen LogP contribution in [0, 0.1) is 0 Å². The van der Waals surface area contributed by atoms with Gasteiger partial charge >= 0.3 is 0 Å². The number of hydrogen-bond acceptors (Lipinski definition) is 4. The highest BCUT2D eigenvalue weighted by Crippen LogP contribution is 2.07. The van der Waals surface area contributed by atoms with Crippen LogP contribution in [0.25, 0.3) is 0 Å². The van der Waals surface area contributed by atoms with Crippen LogP contribution >= 0.6 is 11.8 Å². The number of nitrogens with zero attached hydrogens (tertiary/aromatic N) is 2. The molecule has 0 radical (unpaired) electrons. The number of nitrogens with one attached hydrogen (secondary N) is 1. The molecular weight excluding hydrogens is 234 g/mol. The number of rotatable bonds is 10. The molecule has 1 N–H and O–H groups in total. The molecule has 1 heterocycles. The van der Waals surface area contributed by atoms with E-state index in [9.17, 15) is 0 Å². The smallest absolute Gasteiger partial charge is 0.202 e. The lowest BCUT2D eigenvalue weighted by atomic mass is 10.4.